The number of hydrogen-bond donors (Lipinski definition) is 0. The Balaban J connectivity index is 1.72. The van der Waals surface area contributed by atoms with E-state index in [1.807, 2.05) is 27.7 Å². The third-order valence-corrected chi connectivity index (χ3v) is 4.05. The maximum absolute atomic E-state index is 12.0. The van der Waals surface area contributed by atoms with Crippen molar-refractivity contribution in [2.45, 2.75) is 39.4 Å². The Morgan fingerprint density at radius 3 is 2.65 bits per heavy atom. The van der Waals surface area contributed by atoms with Crippen LogP contribution in [0.3, 0.4) is 0 Å². The maximum Gasteiger partial charge on any atom is 0.410 e. The molecule has 0 bridgehead atoms. The van der Waals surface area contributed by atoms with Crippen molar-refractivity contribution in [2.24, 2.45) is 0 Å². The molecule has 0 saturated carbocycles. The van der Waals surface area contributed by atoms with Crippen molar-refractivity contribution in [2.75, 3.05) is 19.7 Å². The first kappa shape index (κ1) is 18.5. The van der Waals surface area contributed by atoms with Gasteiger partial charge in [0.2, 0.25) is 0 Å². The van der Waals surface area contributed by atoms with Gasteiger partial charge in [-0.3, -0.25) is 0 Å². The van der Waals surface area contributed by atoms with E-state index >= 15 is 0 Å². The van der Waals surface area contributed by atoms with E-state index in [-0.39, 0.29) is 12.2 Å². The van der Waals surface area contributed by atoms with E-state index in [1.54, 1.807) is 17.0 Å². The highest BCUT2D eigenvalue weighted by Gasteiger charge is 2.35. The second-order valence-corrected chi connectivity index (χ2v) is 7.40. The van der Waals surface area contributed by atoms with Gasteiger partial charge in [0.05, 0.1) is 25.2 Å². The Kier molecular flexibility index (Phi) is 5.09. The van der Waals surface area contributed by atoms with Crippen LogP contribution >= 0.6 is 11.6 Å². The normalized spacial score (nSPS) is 14.9. The fourth-order valence-electron chi connectivity index (χ4n) is 2.56. The number of aromatic nitrogens is 2. The molecule has 1 aliphatic rings. The van der Waals surface area contributed by atoms with Gasteiger partial charge in [-0.15, -0.1) is 0 Å². The molecule has 2 heterocycles. The van der Waals surface area contributed by atoms with Crippen molar-refractivity contribution in [1.29, 1.82) is 0 Å². The molecular weight excluding hydrogens is 358 g/mol. The molecule has 26 heavy (non-hydrogen) atoms. The Labute approximate surface area is 157 Å². The number of amides is 1. The van der Waals surface area contributed by atoms with Gasteiger partial charge in [-0.25, -0.2) is 14.8 Å². The molecule has 0 radical (unpaired) electrons. The van der Waals surface area contributed by atoms with E-state index in [4.69, 9.17) is 25.8 Å². The smallest absolute Gasteiger partial charge is 0.410 e. The first-order valence-corrected chi connectivity index (χ1v) is 8.86. The summed E-state index contributed by atoms with van der Waals surface area (Å²) in [7, 11) is 0. The molecular formula is C18H22ClN3O4. The molecule has 8 heteroatoms. The fraction of sp³-hybridized carbons (Fsp3) is 0.500. The largest absolute Gasteiger partial charge is 0.490 e. The number of ether oxygens (including phenoxy) is 3. The monoisotopic (exact) mass is 379 g/mol. The summed E-state index contributed by atoms with van der Waals surface area (Å²) in [6, 6.07) is 3.56. The average Bonchev–Trinajstić information content (AvgIpc) is 2.49. The molecule has 0 aliphatic carbocycles. The molecule has 2 aromatic rings. The van der Waals surface area contributed by atoms with Gasteiger partial charge in [-0.1, -0.05) is 11.6 Å². The molecule has 1 amide bonds. The van der Waals surface area contributed by atoms with Crippen LogP contribution in [0.1, 0.15) is 27.7 Å². The second kappa shape index (κ2) is 7.15. The summed E-state index contributed by atoms with van der Waals surface area (Å²) in [4.78, 5) is 21.8. The molecule has 1 saturated heterocycles. The SMILES string of the molecule is CCOc1cc2ncnc(Cl)c2cc1OC1CN(C(=O)OC(C)(C)C)C1. The van der Waals surface area contributed by atoms with E-state index in [9.17, 15) is 4.79 Å². The lowest BCUT2D eigenvalue weighted by atomic mass is 10.1. The Bertz CT molecular complexity index is 816. The van der Waals surface area contributed by atoms with Gasteiger partial charge in [0.1, 0.15) is 23.2 Å². The van der Waals surface area contributed by atoms with Crippen molar-refractivity contribution in [1.82, 2.24) is 14.9 Å². The molecule has 7 nitrogen and oxygen atoms in total. The van der Waals surface area contributed by atoms with Gasteiger partial charge >= 0.3 is 6.09 Å². The van der Waals surface area contributed by atoms with Crippen molar-refractivity contribution in [3.05, 3.63) is 23.6 Å². The van der Waals surface area contributed by atoms with Crippen molar-refractivity contribution < 1.29 is 19.0 Å². The van der Waals surface area contributed by atoms with E-state index in [0.717, 1.165) is 0 Å². The number of hydrogen-bond acceptors (Lipinski definition) is 6. The summed E-state index contributed by atoms with van der Waals surface area (Å²) < 4.78 is 17.0. The lowest BCUT2D eigenvalue weighted by Gasteiger charge is -2.39. The average molecular weight is 380 g/mol. The zero-order valence-corrected chi connectivity index (χ0v) is 16.0. The number of likely N-dealkylation sites (tertiary alicyclic amines) is 1. The van der Waals surface area contributed by atoms with Crippen LogP contribution in [-0.4, -0.2) is 52.4 Å². The van der Waals surface area contributed by atoms with Gasteiger partial charge in [-0.2, -0.15) is 0 Å². The number of halogens is 1. The number of carbonyl (C=O) groups is 1. The van der Waals surface area contributed by atoms with Gasteiger partial charge in [0.25, 0.3) is 0 Å². The van der Waals surface area contributed by atoms with Crippen LogP contribution in [0.2, 0.25) is 5.15 Å². The van der Waals surface area contributed by atoms with E-state index in [2.05, 4.69) is 9.97 Å². The van der Waals surface area contributed by atoms with Crippen LogP contribution in [0.4, 0.5) is 4.79 Å². The molecule has 0 atom stereocenters. The molecule has 0 N–H and O–H groups in total. The minimum absolute atomic E-state index is 0.136. The Morgan fingerprint density at radius 1 is 1.27 bits per heavy atom. The number of carbonyl (C=O) groups excluding carboxylic acids is 1. The van der Waals surface area contributed by atoms with Crippen LogP contribution in [0.15, 0.2) is 18.5 Å². The van der Waals surface area contributed by atoms with Crippen LogP contribution < -0.4 is 9.47 Å². The predicted molar refractivity (Wildman–Crippen MR) is 97.9 cm³/mol. The molecule has 1 aromatic heterocycles. The van der Waals surface area contributed by atoms with Crippen LogP contribution in [0.25, 0.3) is 10.9 Å². The summed E-state index contributed by atoms with van der Waals surface area (Å²) in [6.07, 6.45) is 0.936. The lowest BCUT2D eigenvalue weighted by Crippen LogP contribution is -2.57. The van der Waals surface area contributed by atoms with Gasteiger partial charge in [0.15, 0.2) is 11.5 Å². The molecule has 1 aliphatic heterocycles. The zero-order valence-electron chi connectivity index (χ0n) is 15.3. The predicted octanol–water partition coefficient (Wildman–Crippen LogP) is 3.68. The summed E-state index contributed by atoms with van der Waals surface area (Å²) in [5.41, 5.74) is 0.171. The molecule has 140 valence electrons. The Hall–Kier alpha value is -2.28. The van der Waals surface area contributed by atoms with Crippen molar-refractivity contribution in [3.8, 4) is 11.5 Å². The topological polar surface area (TPSA) is 73.8 Å². The zero-order chi connectivity index (χ0) is 18.9. The number of nitrogens with zero attached hydrogens (tertiary/aromatic N) is 3. The van der Waals surface area contributed by atoms with Crippen molar-refractivity contribution in [3.63, 3.8) is 0 Å². The molecule has 0 spiro atoms. The van der Waals surface area contributed by atoms with Crippen LogP contribution in [-0.2, 0) is 4.74 Å². The minimum Gasteiger partial charge on any atom is -0.490 e. The second-order valence-electron chi connectivity index (χ2n) is 7.04. The number of benzene rings is 1. The summed E-state index contributed by atoms with van der Waals surface area (Å²) in [6.45, 7) is 8.83. The van der Waals surface area contributed by atoms with E-state index in [1.165, 1.54) is 6.33 Å². The van der Waals surface area contributed by atoms with E-state index < -0.39 is 5.60 Å². The fourth-order valence-corrected chi connectivity index (χ4v) is 2.76. The highest BCUT2D eigenvalue weighted by atomic mass is 35.5. The highest BCUT2D eigenvalue weighted by Crippen LogP contribution is 2.35. The van der Waals surface area contributed by atoms with Gasteiger partial charge in [0, 0.05) is 11.5 Å². The standard InChI is InChI=1S/C18H22ClN3O4/c1-5-24-14-7-13-12(16(19)21-10-20-13)6-15(14)25-11-8-22(9-11)17(23)26-18(2,3)4/h6-7,10-11H,5,8-9H2,1-4H3. The van der Waals surface area contributed by atoms with Crippen LogP contribution in [0, 0.1) is 0 Å². The summed E-state index contributed by atoms with van der Waals surface area (Å²) in [5.74, 6) is 1.15. The number of rotatable bonds is 4. The first-order valence-electron chi connectivity index (χ1n) is 8.48. The van der Waals surface area contributed by atoms with Crippen LogP contribution in [0.5, 0.6) is 11.5 Å². The molecule has 1 aromatic carbocycles. The minimum atomic E-state index is -0.514. The summed E-state index contributed by atoms with van der Waals surface area (Å²) >= 11 is 6.15. The maximum atomic E-state index is 12.0. The first-order chi connectivity index (χ1) is 12.3. The molecule has 0 unspecified atom stereocenters. The Morgan fingerprint density at radius 2 is 2.00 bits per heavy atom. The number of fused-ring (bicyclic) bond motifs is 1. The van der Waals surface area contributed by atoms with Crippen molar-refractivity contribution >= 4 is 28.6 Å². The highest BCUT2D eigenvalue weighted by molar-refractivity contribution is 6.34. The molecule has 1 fully saturated rings. The van der Waals surface area contributed by atoms with E-state index in [0.29, 0.717) is 47.3 Å². The third kappa shape index (κ3) is 4.09. The summed E-state index contributed by atoms with van der Waals surface area (Å²) in [5, 5.41) is 1.04. The third-order valence-electron chi connectivity index (χ3n) is 3.75. The van der Waals surface area contributed by atoms with Gasteiger partial charge < -0.3 is 19.1 Å². The van der Waals surface area contributed by atoms with Gasteiger partial charge in [-0.05, 0) is 33.8 Å². The molecule has 3 rings (SSSR count). The lowest BCUT2D eigenvalue weighted by molar-refractivity contribution is -0.0226. The quantitative estimate of drug-likeness (QED) is 0.754.